The summed E-state index contributed by atoms with van der Waals surface area (Å²) in [5.74, 6) is -0.212. The number of carbonyl (C=O) groups is 2. The van der Waals surface area contributed by atoms with Gasteiger partial charge in [0.25, 0.3) is 5.91 Å². The van der Waals surface area contributed by atoms with Crippen molar-refractivity contribution in [1.82, 2.24) is 0 Å². The molecular formula is C19H19Cl2NO4. The van der Waals surface area contributed by atoms with Crippen LogP contribution in [0.3, 0.4) is 0 Å². The lowest BCUT2D eigenvalue weighted by atomic mass is 10.1. The smallest absolute Gasteiger partial charge is 0.306 e. The van der Waals surface area contributed by atoms with E-state index in [4.69, 9.17) is 32.7 Å². The molecule has 1 amide bonds. The number of nitrogens with one attached hydrogen (secondary N) is 1. The van der Waals surface area contributed by atoms with E-state index in [1.165, 1.54) is 0 Å². The number of hydrogen-bond acceptors (Lipinski definition) is 4. The van der Waals surface area contributed by atoms with Gasteiger partial charge in [0.1, 0.15) is 5.75 Å². The van der Waals surface area contributed by atoms with Crippen molar-refractivity contribution in [1.29, 1.82) is 0 Å². The highest BCUT2D eigenvalue weighted by Gasteiger charge is 2.13. The minimum atomic E-state index is -0.503. The van der Waals surface area contributed by atoms with Crippen molar-refractivity contribution in [3.63, 3.8) is 0 Å². The molecule has 0 aliphatic heterocycles. The number of amides is 1. The molecule has 7 heteroatoms. The molecule has 0 saturated heterocycles. The van der Waals surface area contributed by atoms with Crippen molar-refractivity contribution in [3.05, 3.63) is 57.6 Å². The van der Waals surface area contributed by atoms with Gasteiger partial charge in [-0.15, -0.1) is 0 Å². The third-order valence-corrected chi connectivity index (χ3v) is 4.49. The molecule has 0 radical (unpaired) electrons. The second-order valence-corrected chi connectivity index (χ2v) is 6.40. The van der Waals surface area contributed by atoms with Crippen LogP contribution >= 0.6 is 23.2 Å². The van der Waals surface area contributed by atoms with Crippen LogP contribution in [0.4, 0.5) is 5.69 Å². The Morgan fingerprint density at radius 1 is 1.08 bits per heavy atom. The summed E-state index contributed by atoms with van der Waals surface area (Å²) in [5, 5.41) is 3.24. The van der Waals surface area contributed by atoms with Crippen LogP contribution in [0.1, 0.15) is 17.5 Å². The van der Waals surface area contributed by atoms with Crippen molar-refractivity contribution in [2.45, 2.75) is 19.8 Å². The fraction of sp³-hybridized carbons (Fsp3) is 0.263. The molecule has 0 atom stereocenters. The number of ether oxygens (including phenoxy) is 2. The van der Waals surface area contributed by atoms with E-state index < -0.39 is 18.5 Å². The molecule has 5 nitrogen and oxygen atoms in total. The summed E-state index contributed by atoms with van der Waals surface area (Å²) in [6, 6.07) is 10.8. The maximum atomic E-state index is 12.0. The van der Waals surface area contributed by atoms with Gasteiger partial charge < -0.3 is 14.8 Å². The van der Waals surface area contributed by atoms with Gasteiger partial charge in [0.15, 0.2) is 6.61 Å². The minimum Gasteiger partial charge on any atom is -0.497 e. The molecule has 0 aliphatic carbocycles. The predicted molar refractivity (Wildman–Crippen MR) is 102 cm³/mol. The number of hydrogen-bond donors (Lipinski definition) is 1. The number of halogens is 2. The standard InChI is InChI=1S/C19H19Cl2NO4/c1-12-3-9-15(20)19(18(12)21)22-16(23)11-26-17(24)10-6-13-4-7-14(25-2)8-5-13/h3-5,7-9H,6,10-11H2,1-2H3,(H,22,23). The Labute approximate surface area is 162 Å². The molecule has 0 aromatic heterocycles. The van der Waals surface area contributed by atoms with Crippen molar-refractivity contribution in [2.75, 3.05) is 19.0 Å². The first-order valence-electron chi connectivity index (χ1n) is 7.93. The van der Waals surface area contributed by atoms with E-state index >= 15 is 0 Å². The summed E-state index contributed by atoms with van der Waals surface area (Å²) in [6.07, 6.45) is 0.686. The van der Waals surface area contributed by atoms with Gasteiger partial charge in [-0.2, -0.15) is 0 Å². The maximum Gasteiger partial charge on any atom is 0.306 e. The number of carbonyl (C=O) groups excluding carboxylic acids is 2. The molecule has 0 heterocycles. The first-order valence-corrected chi connectivity index (χ1v) is 8.69. The second kappa shape index (κ2) is 9.46. The van der Waals surface area contributed by atoms with Crippen LogP contribution < -0.4 is 10.1 Å². The van der Waals surface area contributed by atoms with Crippen LogP contribution in [0.25, 0.3) is 0 Å². The van der Waals surface area contributed by atoms with E-state index in [1.54, 1.807) is 26.2 Å². The zero-order valence-electron chi connectivity index (χ0n) is 14.5. The monoisotopic (exact) mass is 395 g/mol. The van der Waals surface area contributed by atoms with Gasteiger partial charge in [0.05, 0.1) is 22.8 Å². The van der Waals surface area contributed by atoms with E-state index in [9.17, 15) is 9.59 Å². The number of benzene rings is 2. The molecular weight excluding hydrogens is 377 g/mol. The van der Waals surface area contributed by atoms with Gasteiger partial charge in [-0.1, -0.05) is 41.4 Å². The number of anilines is 1. The first kappa shape index (κ1) is 20.1. The molecule has 0 saturated carbocycles. The summed E-state index contributed by atoms with van der Waals surface area (Å²) in [5.41, 5.74) is 2.07. The lowest BCUT2D eigenvalue weighted by Gasteiger charge is -2.11. The van der Waals surface area contributed by atoms with Crippen molar-refractivity contribution in [2.24, 2.45) is 0 Å². The summed E-state index contributed by atoms with van der Waals surface area (Å²) in [4.78, 5) is 23.8. The second-order valence-electron chi connectivity index (χ2n) is 5.61. The Morgan fingerprint density at radius 2 is 1.77 bits per heavy atom. The largest absolute Gasteiger partial charge is 0.497 e. The number of methoxy groups -OCH3 is 1. The van der Waals surface area contributed by atoms with Crippen LogP contribution in [0.2, 0.25) is 10.0 Å². The average molecular weight is 396 g/mol. The topological polar surface area (TPSA) is 64.6 Å². The average Bonchev–Trinajstić information content (AvgIpc) is 2.65. The van der Waals surface area contributed by atoms with Crippen LogP contribution in [0, 0.1) is 6.92 Å². The fourth-order valence-corrected chi connectivity index (χ4v) is 2.67. The van der Waals surface area contributed by atoms with Gasteiger partial charge in [0, 0.05) is 6.42 Å². The van der Waals surface area contributed by atoms with Gasteiger partial charge in [-0.05, 0) is 42.7 Å². The molecule has 1 N–H and O–H groups in total. The molecule has 0 fully saturated rings. The summed E-state index contributed by atoms with van der Waals surface area (Å²) in [7, 11) is 1.59. The van der Waals surface area contributed by atoms with Gasteiger partial charge >= 0.3 is 5.97 Å². The van der Waals surface area contributed by atoms with E-state index in [1.807, 2.05) is 24.3 Å². The van der Waals surface area contributed by atoms with E-state index in [-0.39, 0.29) is 6.42 Å². The number of rotatable bonds is 7. The zero-order valence-corrected chi connectivity index (χ0v) is 16.0. The van der Waals surface area contributed by atoms with Crippen LogP contribution in [-0.2, 0) is 20.7 Å². The molecule has 0 bridgehead atoms. The zero-order chi connectivity index (χ0) is 19.1. The maximum absolute atomic E-state index is 12.0. The molecule has 0 unspecified atom stereocenters. The van der Waals surface area contributed by atoms with Gasteiger partial charge in [0.2, 0.25) is 0 Å². The van der Waals surface area contributed by atoms with Crippen LogP contribution in [0.15, 0.2) is 36.4 Å². The van der Waals surface area contributed by atoms with Crippen LogP contribution in [-0.4, -0.2) is 25.6 Å². The SMILES string of the molecule is COc1ccc(CCC(=O)OCC(=O)Nc2c(Cl)ccc(C)c2Cl)cc1. The molecule has 0 aliphatic rings. The lowest BCUT2D eigenvalue weighted by Crippen LogP contribution is -2.21. The Bertz CT molecular complexity index is 791. The normalized spacial score (nSPS) is 10.3. The van der Waals surface area contributed by atoms with Crippen molar-refractivity contribution in [3.8, 4) is 5.75 Å². The van der Waals surface area contributed by atoms with Crippen molar-refractivity contribution >= 4 is 40.8 Å². The summed E-state index contributed by atoms with van der Waals surface area (Å²) < 4.78 is 10.1. The lowest BCUT2D eigenvalue weighted by molar-refractivity contribution is -0.147. The Hall–Kier alpha value is -2.24. The Morgan fingerprint density at radius 3 is 2.42 bits per heavy atom. The molecule has 138 valence electrons. The minimum absolute atomic E-state index is 0.172. The van der Waals surface area contributed by atoms with Crippen LogP contribution in [0.5, 0.6) is 5.75 Å². The first-order chi connectivity index (χ1) is 12.4. The molecule has 2 aromatic carbocycles. The highest BCUT2D eigenvalue weighted by atomic mass is 35.5. The molecule has 2 aromatic rings. The highest BCUT2D eigenvalue weighted by Crippen LogP contribution is 2.32. The third kappa shape index (κ3) is 5.64. The van der Waals surface area contributed by atoms with E-state index in [0.29, 0.717) is 22.2 Å². The molecule has 2 rings (SSSR count). The fourth-order valence-electron chi connectivity index (χ4n) is 2.20. The van der Waals surface area contributed by atoms with Gasteiger partial charge in [-0.25, -0.2) is 0 Å². The predicted octanol–water partition coefficient (Wildman–Crippen LogP) is 4.42. The quantitative estimate of drug-likeness (QED) is 0.704. The molecule has 0 spiro atoms. The third-order valence-electron chi connectivity index (χ3n) is 3.69. The summed E-state index contributed by atoms with van der Waals surface area (Å²) >= 11 is 12.2. The van der Waals surface area contributed by atoms with Gasteiger partial charge in [-0.3, -0.25) is 9.59 Å². The van der Waals surface area contributed by atoms with E-state index in [2.05, 4.69) is 5.32 Å². The van der Waals surface area contributed by atoms with E-state index in [0.717, 1.165) is 16.9 Å². The Kier molecular flexibility index (Phi) is 7.30. The number of esters is 1. The summed E-state index contributed by atoms with van der Waals surface area (Å²) in [6.45, 7) is 1.40. The Balaban J connectivity index is 1.80. The van der Waals surface area contributed by atoms with Crippen molar-refractivity contribution < 1.29 is 19.1 Å². The molecule has 26 heavy (non-hydrogen) atoms. The number of aryl methyl sites for hydroxylation is 2. The highest BCUT2D eigenvalue weighted by molar-refractivity contribution is 6.40.